The predicted octanol–water partition coefficient (Wildman–Crippen LogP) is 4.80. The first-order valence-corrected chi connectivity index (χ1v) is 12.8. The Morgan fingerprint density at radius 1 is 1.09 bits per heavy atom. The SMILES string of the molecule is Cc1ccccc1NC(=O)CSc1nc2ccc(NC(=O)[C@H]3[C@@H](C(=O)O)[C@H]4C=C[C@H]3C4)cc2s1. The summed E-state index contributed by atoms with van der Waals surface area (Å²) >= 11 is 2.82. The van der Waals surface area contributed by atoms with Gasteiger partial charge in [0.1, 0.15) is 0 Å². The second-order valence-corrected chi connectivity index (χ2v) is 10.9. The molecule has 1 heterocycles. The summed E-state index contributed by atoms with van der Waals surface area (Å²) in [6.07, 6.45) is 4.62. The average Bonchev–Trinajstić information content (AvgIpc) is 3.53. The van der Waals surface area contributed by atoms with Crippen molar-refractivity contribution in [2.45, 2.75) is 17.7 Å². The average molecular weight is 494 g/mol. The van der Waals surface area contributed by atoms with Crippen LogP contribution in [-0.2, 0) is 14.4 Å². The maximum absolute atomic E-state index is 12.9. The van der Waals surface area contributed by atoms with Gasteiger partial charge in [-0.05, 0) is 55.0 Å². The highest BCUT2D eigenvalue weighted by Crippen LogP contribution is 2.48. The summed E-state index contributed by atoms with van der Waals surface area (Å²) in [7, 11) is 0. The summed E-state index contributed by atoms with van der Waals surface area (Å²) in [5.74, 6) is -2.33. The molecule has 1 aromatic heterocycles. The van der Waals surface area contributed by atoms with Crippen molar-refractivity contribution < 1.29 is 19.5 Å². The Morgan fingerprint density at radius 3 is 2.62 bits per heavy atom. The van der Waals surface area contributed by atoms with E-state index in [4.69, 9.17) is 0 Å². The number of allylic oxidation sites excluding steroid dienone is 2. The highest BCUT2D eigenvalue weighted by Gasteiger charge is 2.51. The summed E-state index contributed by atoms with van der Waals surface area (Å²) in [5, 5.41) is 15.4. The van der Waals surface area contributed by atoms with Crippen LogP contribution in [0.3, 0.4) is 0 Å². The van der Waals surface area contributed by atoms with Crippen molar-refractivity contribution in [3.05, 3.63) is 60.2 Å². The number of nitrogens with one attached hydrogen (secondary N) is 2. The predicted molar refractivity (Wildman–Crippen MR) is 134 cm³/mol. The highest BCUT2D eigenvalue weighted by atomic mass is 32.2. The molecule has 0 spiro atoms. The van der Waals surface area contributed by atoms with Crippen molar-refractivity contribution in [2.24, 2.45) is 23.7 Å². The third-order valence-electron chi connectivity index (χ3n) is 6.43. The molecule has 2 bridgehead atoms. The normalized spacial score (nSPS) is 22.7. The number of rotatable bonds is 7. The maximum Gasteiger partial charge on any atom is 0.307 e. The van der Waals surface area contributed by atoms with Gasteiger partial charge in [-0.25, -0.2) is 4.98 Å². The van der Waals surface area contributed by atoms with E-state index < -0.39 is 17.8 Å². The number of nitrogens with zero attached hydrogens (tertiary/aromatic N) is 1. The fraction of sp³-hybridized carbons (Fsp3) is 0.280. The molecule has 7 nitrogen and oxygen atoms in total. The lowest BCUT2D eigenvalue weighted by atomic mass is 9.82. The van der Waals surface area contributed by atoms with Gasteiger partial charge in [-0.2, -0.15) is 0 Å². The van der Waals surface area contributed by atoms with E-state index in [0.717, 1.165) is 32.2 Å². The van der Waals surface area contributed by atoms with Gasteiger partial charge >= 0.3 is 5.97 Å². The molecule has 9 heteroatoms. The van der Waals surface area contributed by atoms with Crippen LogP contribution in [-0.4, -0.2) is 33.6 Å². The quantitative estimate of drug-likeness (QED) is 0.322. The van der Waals surface area contributed by atoms with Gasteiger partial charge in [0.05, 0.1) is 27.8 Å². The minimum Gasteiger partial charge on any atom is -0.481 e. The van der Waals surface area contributed by atoms with Crippen molar-refractivity contribution in [1.29, 1.82) is 0 Å². The second kappa shape index (κ2) is 9.23. The Hall–Kier alpha value is -3.17. The Balaban J connectivity index is 1.23. The number of amides is 2. The molecular formula is C25H23N3O4S2. The smallest absolute Gasteiger partial charge is 0.307 e. The third kappa shape index (κ3) is 4.45. The molecule has 4 atom stereocenters. The fourth-order valence-electron chi connectivity index (χ4n) is 4.81. The van der Waals surface area contributed by atoms with Crippen LogP contribution < -0.4 is 10.6 Å². The van der Waals surface area contributed by atoms with Crippen LogP contribution in [0, 0.1) is 30.6 Å². The molecule has 0 radical (unpaired) electrons. The van der Waals surface area contributed by atoms with E-state index in [-0.39, 0.29) is 29.4 Å². The Labute approximate surface area is 204 Å². The molecule has 2 amide bonds. The van der Waals surface area contributed by atoms with Crippen LogP contribution in [0.15, 0.2) is 59.0 Å². The number of carboxylic acids is 1. The molecule has 34 heavy (non-hydrogen) atoms. The molecule has 2 aliphatic carbocycles. The molecule has 174 valence electrons. The topological polar surface area (TPSA) is 108 Å². The minimum absolute atomic E-state index is 0.0212. The van der Waals surface area contributed by atoms with Gasteiger partial charge < -0.3 is 15.7 Å². The number of anilines is 2. The van der Waals surface area contributed by atoms with Gasteiger partial charge in [0.25, 0.3) is 0 Å². The maximum atomic E-state index is 12.9. The monoisotopic (exact) mass is 493 g/mol. The number of carbonyl (C=O) groups excluding carboxylic acids is 2. The number of thioether (sulfide) groups is 1. The standard InChI is InChI=1S/C25H23N3O4S2/c1-13-4-2-3-5-17(13)27-20(29)12-33-25-28-18-9-8-16(11-19(18)34-25)26-23(30)21-14-6-7-15(10-14)22(21)24(31)32/h2-9,11,14-15,21-22H,10,12H2,1H3,(H,26,30)(H,27,29)(H,31,32)/t14-,15-,21+,22-/m0/s1. The first-order chi connectivity index (χ1) is 16.4. The number of fused-ring (bicyclic) bond motifs is 3. The molecule has 1 fully saturated rings. The lowest BCUT2D eigenvalue weighted by molar-refractivity contribution is -0.146. The summed E-state index contributed by atoms with van der Waals surface area (Å²) in [5.41, 5.74) is 3.21. The van der Waals surface area contributed by atoms with Crippen LogP contribution >= 0.6 is 23.1 Å². The van der Waals surface area contributed by atoms with E-state index in [0.29, 0.717) is 5.69 Å². The van der Waals surface area contributed by atoms with Crippen molar-refractivity contribution in [1.82, 2.24) is 4.98 Å². The van der Waals surface area contributed by atoms with Crippen LogP contribution in [0.5, 0.6) is 0 Å². The summed E-state index contributed by atoms with van der Waals surface area (Å²) < 4.78 is 1.66. The zero-order valence-electron chi connectivity index (χ0n) is 18.4. The molecule has 3 N–H and O–H groups in total. The number of aromatic nitrogens is 1. The first kappa shape index (κ1) is 22.6. The van der Waals surface area contributed by atoms with Gasteiger partial charge in [0, 0.05) is 11.4 Å². The van der Waals surface area contributed by atoms with Gasteiger partial charge in [-0.1, -0.05) is 42.1 Å². The Bertz CT molecular complexity index is 1320. The molecule has 5 rings (SSSR count). The van der Waals surface area contributed by atoms with Crippen molar-refractivity contribution in [2.75, 3.05) is 16.4 Å². The Kier molecular flexibility index (Phi) is 6.14. The molecule has 0 unspecified atom stereocenters. The van der Waals surface area contributed by atoms with Crippen molar-refractivity contribution in [3.8, 4) is 0 Å². The Morgan fingerprint density at radius 2 is 1.85 bits per heavy atom. The van der Waals surface area contributed by atoms with E-state index in [2.05, 4.69) is 15.6 Å². The number of carboxylic acid groups (broad SMARTS) is 1. The highest BCUT2D eigenvalue weighted by molar-refractivity contribution is 8.01. The van der Waals surface area contributed by atoms with E-state index in [1.54, 1.807) is 6.07 Å². The molecule has 0 aliphatic heterocycles. The van der Waals surface area contributed by atoms with E-state index in [9.17, 15) is 19.5 Å². The van der Waals surface area contributed by atoms with E-state index >= 15 is 0 Å². The molecule has 2 aliphatic rings. The lowest BCUT2D eigenvalue weighted by Gasteiger charge is -2.23. The first-order valence-electron chi connectivity index (χ1n) is 11.0. The lowest BCUT2D eigenvalue weighted by Crippen LogP contribution is -2.36. The number of thiazole rings is 1. The van der Waals surface area contributed by atoms with Gasteiger partial charge in [0.15, 0.2) is 4.34 Å². The van der Waals surface area contributed by atoms with Crippen LogP contribution in [0.1, 0.15) is 12.0 Å². The van der Waals surface area contributed by atoms with Gasteiger partial charge in [0.2, 0.25) is 11.8 Å². The van der Waals surface area contributed by atoms with Crippen LogP contribution in [0.2, 0.25) is 0 Å². The van der Waals surface area contributed by atoms with Crippen LogP contribution in [0.25, 0.3) is 10.2 Å². The van der Waals surface area contributed by atoms with Crippen LogP contribution in [0.4, 0.5) is 11.4 Å². The zero-order chi connectivity index (χ0) is 23.8. The zero-order valence-corrected chi connectivity index (χ0v) is 20.0. The fourth-order valence-corrected chi connectivity index (χ4v) is 6.72. The molecule has 2 aromatic carbocycles. The van der Waals surface area contributed by atoms with Crippen molar-refractivity contribution in [3.63, 3.8) is 0 Å². The largest absolute Gasteiger partial charge is 0.481 e. The number of hydrogen-bond acceptors (Lipinski definition) is 6. The van der Waals surface area contributed by atoms with E-state index in [1.807, 2.05) is 55.5 Å². The van der Waals surface area contributed by atoms with E-state index in [1.165, 1.54) is 23.1 Å². The second-order valence-electron chi connectivity index (χ2n) is 8.64. The number of benzene rings is 2. The minimum atomic E-state index is -0.914. The number of aryl methyl sites for hydroxylation is 1. The third-order valence-corrected chi connectivity index (χ3v) is 8.59. The molecular weight excluding hydrogens is 470 g/mol. The van der Waals surface area contributed by atoms with Gasteiger partial charge in [-0.3, -0.25) is 14.4 Å². The molecule has 3 aromatic rings. The molecule has 0 saturated heterocycles. The van der Waals surface area contributed by atoms with Gasteiger partial charge in [-0.15, -0.1) is 11.3 Å². The number of carbonyl (C=O) groups is 3. The molecule has 1 saturated carbocycles. The number of hydrogen-bond donors (Lipinski definition) is 3. The van der Waals surface area contributed by atoms with Crippen molar-refractivity contribution >= 4 is 62.5 Å². The number of aliphatic carboxylic acids is 1. The number of para-hydroxylation sites is 1. The summed E-state index contributed by atoms with van der Waals surface area (Å²) in [6, 6.07) is 13.1. The summed E-state index contributed by atoms with van der Waals surface area (Å²) in [6.45, 7) is 1.95. The summed E-state index contributed by atoms with van der Waals surface area (Å²) in [4.78, 5) is 41.6.